The molecule has 7 heteroatoms. The quantitative estimate of drug-likeness (QED) is 0.481. The Labute approximate surface area is 171 Å². The summed E-state index contributed by atoms with van der Waals surface area (Å²) in [5, 5.41) is 14.5. The second-order valence-electron chi connectivity index (χ2n) is 8.44. The molecule has 2 bridgehead atoms. The third kappa shape index (κ3) is 2.32. The zero-order valence-electron chi connectivity index (χ0n) is 15.8. The summed E-state index contributed by atoms with van der Waals surface area (Å²) in [4.78, 5) is 37.3. The summed E-state index contributed by atoms with van der Waals surface area (Å²) in [5.41, 5.74) is 0.580. The van der Waals surface area contributed by atoms with E-state index < -0.39 is 5.97 Å². The summed E-state index contributed by atoms with van der Waals surface area (Å²) in [5.74, 6) is 0.0407. The number of aromatic carboxylic acids is 1. The molecule has 7 nitrogen and oxygen atoms in total. The van der Waals surface area contributed by atoms with E-state index in [0.717, 1.165) is 11.4 Å². The van der Waals surface area contributed by atoms with Crippen molar-refractivity contribution in [3.8, 4) is 11.3 Å². The van der Waals surface area contributed by atoms with Gasteiger partial charge in [-0.2, -0.15) is 10.1 Å². The number of furan rings is 1. The summed E-state index contributed by atoms with van der Waals surface area (Å²) in [6, 6.07) is 9.83. The van der Waals surface area contributed by atoms with Crippen molar-refractivity contribution in [3.63, 3.8) is 0 Å². The number of carboxylic acids is 1. The maximum absolute atomic E-state index is 12.9. The average Bonchev–Trinajstić information content (AvgIpc) is 3.39. The van der Waals surface area contributed by atoms with Gasteiger partial charge in [0.1, 0.15) is 11.5 Å². The van der Waals surface area contributed by atoms with Crippen LogP contribution >= 0.6 is 0 Å². The van der Waals surface area contributed by atoms with Crippen LogP contribution in [-0.2, 0) is 9.59 Å². The van der Waals surface area contributed by atoms with Crippen molar-refractivity contribution in [3.05, 3.63) is 59.9 Å². The first-order valence-electron chi connectivity index (χ1n) is 10.1. The minimum Gasteiger partial charge on any atom is -0.478 e. The smallest absolute Gasteiger partial charge is 0.336 e. The van der Waals surface area contributed by atoms with Crippen LogP contribution in [0, 0.1) is 35.5 Å². The van der Waals surface area contributed by atoms with E-state index in [-0.39, 0.29) is 41.0 Å². The van der Waals surface area contributed by atoms with Crippen LogP contribution in [0.4, 0.5) is 0 Å². The minimum absolute atomic E-state index is 0.130. The molecular weight excluding hydrogens is 384 g/mol. The monoisotopic (exact) mass is 402 g/mol. The molecule has 1 saturated heterocycles. The van der Waals surface area contributed by atoms with Crippen LogP contribution in [0.3, 0.4) is 0 Å². The molecule has 0 spiro atoms. The van der Waals surface area contributed by atoms with Gasteiger partial charge in [0.05, 0.1) is 23.6 Å². The van der Waals surface area contributed by atoms with Crippen LogP contribution in [-0.4, -0.2) is 34.1 Å². The first-order valence-corrected chi connectivity index (χ1v) is 10.1. The van der Waals surface area contributed by atoms with Gasteiger partial charge in [-0.1, -0.05) is 30.4 Å². The molecule has 2 heterocycles. The first kappa shape index (κ1) is 17.4. The Morgan fingerprint density at radius 2 is 1.70 bits per heavy atom. The van der Waals surface area contributed by atoms with E-state index >= 15 is 0 Å². The second kappa shape index (κ2) is 6.01. The van der Waals surface area contributed by atoms with Gasteiger partial charge in [0.15, 0.2) is 0 Å². The predicted molar refractivity (Wildman–Crippen MR) is 105 cm³/mol. The zero-order chi connectivity index (χ0) is 20.6. The summed E-state index contributed by atoms with van der Waals surface area (Å²) in [7, 11) is 0. The maximum Gasteiger partial charge on any atom is 0.336 e. The van der Waals surface area contributed by atoms with Crippen LogP contribution < -0.4 is 0 Å². The fourth-order valence-electron chi connectivity index (χ4n) is 5.62. The summed E-state index contributed by atoms with van der Waals surface area (Å²) < 4.78 is 5.71. The van der Waals surface area contributed by atoms with Gasteiger partial charge in [-0.15, -0.1) is 0 Å². The minimum atomic E-state index is -1.05. The van der Waals surface area contributed by atoms with Gasteiger partial charge in [-0.25, -0.2) is 4.79 Å². The number of allylic oxidation sites excluding steroid dienone is 2. The molecule has 0 radical (unpaired) electrons. The number of carbonyl (C=O) groups is 3. The number of benzene rings is 1. The van der Waals surface area contributed by atoms with Crippen molar-refractivity contribution in [1.29, 1.82) is 0 Å². The Morgan fingerprint density at radius 3 is 2.37 bits per heavy atom. The summed E-state index contributed by atoms with van der Waals surface area (Å²) in [6.45, 7) is 0. The SMILES string of the molecule is O=C(O)c1ccccc1-c1ccc(/C=N\N2C(=O)[C@@H]3[C@H]4C=C[C@@H]([C@@H]5C[C@@H]45)[C@H]3C2=O)o1. The molecule has 5 aliphatic rings. The molecule has 2 saturated carbocycles. The maximum atomic E-state index is 12.9. The Balaban J connectivity index is 1.26. The van der Waals surface area contributed by atoms with E-state index in [9.17, 15) is 19.5 Å². The van der Waals surface area contributed by atoms with E-state index in [1.54, 1.807) is 30.3 Å². The van der Waals surface area contributed by atoms with Crippen LogP contribution in [0.2, 0.25) is 0 Å². The highest BCUT2D eigenvalue weighted by Gasteiger charge is 2.67. The molecule has 6 atom stereocenters. The number of hydrogen-bond donors (Lipinski definition) is 1. The zero-order valence-corrected chi connectivity index (χ0v) is 15.8. The van der Waals surface area contributed by atoms with Gasteiger partial charge in [-0.05, 0) is 48.3 Å². The molecule has 4 aliphatic carbocycles. The Hall–Kier alpha value is -3.48. The van der Waals surface area contributed by atoms with Crippen molar-refractivity contribution in [2.24, 2.45) is 40.6 Å². The topological polar surface area (TPSA) is 100 Å². The van der Waals surface area contributed by atoms with E-state index in [4.69, 9.17) is 4.42 Å². The number of hydrogen-bond acceptors (Lipinski definition) is 5. The number of nitrogens with zero attached hydrogens (tertiary/aromatic N) is 2. The van der Waals surface area contributed by atoms with Crippen molar-refractivity contribution in [2.45, 2.75) is 6.42 Å². The lowest BCUT2D eigenvalue weighted by atomic mass is 9.63. The van der Waals surface area contributed by atoms with Crippen molar-refractivity contribution < 1.29 is 23.9 Å². The number of carboxylic acid groups (broad SMARTS) is 1. The van der Waals surface area contributed by atoms with Gasteiger partial charge >= 0.3 is 5.97 Å². The Kier molecular flexibility index (Phi) is 3.48. The molecule has 2 amide bonds. The van der Waals surface area contributed by atoms with Crippen LogP contribution in [0.25, 0.3) is 11.3 Å². The standard InChI is InChI=1S/C23H18N2O5/c26-21-19-13-6-7-14(17-9-16(13)17)20(19)22(27)25(21)24-10-11-5-8-18(30-11)12-3-1-2-4-15(12)23(28)29/h1-8,10,13-14,16-17,19-20H,9H2,(H,28,29)/b24-10-/t13-,14-,16-,17-,19+,20+/m0/s1. The molecule has 1 N–H and O–H groups in total. The molecule has 1 aromatic heterocycles. The third-order valence-corrected chi connectivity index (χ3v) is 6.99. The first-order chi connectivity index (χ1) is 14.5. The van der Waals surface area contributed by atoms with E-state index in [1.165, 1.54) is 12.3 Å². The number of hydrazone groups is 1. The van der Waals surface area contributed by atoms with Gasteiger partial charge in [0, 0.05) is 5.56 Å². The lowest BCUT2D eigenvalue weighted by molar-refractivity contribution is -0.140. The molecule has 1 aromatic carbocycles. The summed E-state index contributed by atoms with van der Waals surface area (Å²) in [6.07, 6.45) is 6.70. The van der Waals surface area contributed by atoms with Crippen molar-refractivity contribution in [2.75, 3.05) is 0 Å². The van der Waals surface area contributed by atoms with Gasteiger partial charge in [0.2, 0.25) is 0 Å². The largest absolute Gasteiger partial charge is 0.478 e. The second-order valence-corrected chi connectivity index (χ2v) is 8.44. The van der Waals surface area contributed by atoms with Crippen molar-refractivity contribution in [1.82, 2.24) is 5.01 Å². The number of amides is 2. The third-order valence-electron chi connectivity index (χ3n) is 6.99. The summed E-state index contributed by atoms with van der Waals surface area (Å²) >= 11 is 0. The molecule has 150 valence electrons. The number of carbonyl (C=O) groups excluding carboxylic acids is 2. The van der Waals surface area contributed by atoms with E-state index in [0.29, 0.717) is 28.9 Å². The average molecular weight is 402 g/mol. The fourth-order valence-corrected chi connectivity index (χ4v) is 5.62. The number of imide groups is 1. The Bertz CT molecular complexity index is 1130. The van der Waals surface area contributed by atoms with Gasteiger partial charge in [-0.3, -0.25) is 9.59 Å². The molecule has 30 heavy (non-hydrogen) atoms. The van der Waals surface area contributed by atoms with E-state index in [1.807, 2.05) is 0 Å². The molecule has 1 aliphatic heterocycles. The lowest BCUT2D eigenvalue weighted by Crippen LogP contribution is -2.40. The number of rotatable bonds is 4. The van der Waals surface area contributed by atoms with E-state index in [2.05, 4.69) is 17.3 Å². The molecular formula is C23H18N2O5. The van der Waals surface area contributed by atoms with Crippen LogP contribution in [0.5, 0.6) is 0 Å². The fraction of sp³-hybridized carbons (Fsp3) is 0.304. The highest BCUT2D eigenvalue weighted by atomic mass is 16.4. The molecule has 3 fully saturated rings. The molecule has 2 aromatic rings. The molecule has 0 unspecified atom stereocenters. The van der Waals surface area contributed by atoms with Gasteiger partial charge in [0.25, 0.3) is 11.8 Å². The normalized spacial score (nSPS) is 33.3. The van der Waals surface area contributed by atoms with Gasteiger partial charge < -0.3 is 9.52 Å². The highest BCUT2D eigenvalue weighted by molar-refractivity contribution is 6.06. The van der Waals surface area contributed by atoms with Crippen LogP contribution in [0.15, 0.2) is 58.1 Å². The van der Waals surface area contributed by atoms with Crippen molar-refractivity contribution >= 4 is 24.0 Å². The highest BCUT2D eigenvalue weighted by Crippen LogP contribution is 2.65. The predicted octanol–water partition coefficient (Wildman–Crippen LogP) is 3.03. The lowest BCUT2D eigenvalue weighted by Gasteiger charge is -2.37. The Morgan fingerprint density at radius 1 is 1.03 bits per heavy atom. The molecule has 7 rings (SSSR count). The van der Waals surface area contributed by atoms with Crippen LogP contribution in [0.1, 0.15) is 22.5 Å².